The van der Waals surface area contributed by atoms with Crippen LogP contribution in [0.3, 0.4) is 0 Å². The van der Waals surface area contributed by atoms with E-state index in [1.165, 1.54) is 0 Å². The smallest absolute Gasteiger partial charge is 0.120 e. The van der Waals surface area contributed by atoms with Crippen LogP contribution in [0.5, 0.6) is 5.75 Å². The Labute approximate surface area is 76.7 Å². The first-order valence-corrected chi connectivity index (χ1v) is 4.08. The third kappa shape index (κ3) is 2.40. The molecule has 1 N–H and O–H groups in total. The number of methoxy groups -OCH3 is 1. The lowest BCUT2D eigenvalue weighted by Gasteiger charge is -2.03. The van der Waals surface area contributed by atoms with Crippen LogP contribution in [0.2, 0.25) is 5.02 Å². The van der Waals surface area contributed by atoms with Gasteiger partial charge < -0.3 is 9.84 Å². The predicted molar refractivity (Wildman–Crippen MR) is 48.8 cm³/mol. The lowest BCUT2D eigenvalue weighted by molar-refractivity contribution is 0.299. The molecule has 0 unspecified atom stereocenters. The SMILES string of the molecule is COc1cc(Cl)cc(CCO)c1. The van der Waals surface area contributed by atoms with Crippen LogP contribution in [0, 0.1) is 0 Å². The molecule has 3 heteroatoms. The minimum Gasteiger partial charge on any atom is -0.497 e. The van der Waals surface area contributed by atoms with Gasteiger partial charge in [0.15, 0.2) is 0 Å². The number of aliphatic hydroxyl groups excluding tert-OH is 1. The quantitative estimate of drug-likeness (QED) is 0.781. The summed E-state index contributed by atoms with van der Waals surface area (Å²) in [5.74, 6) is 0.728. The van der Waals surface area contributed by atoms with Gasteiger partial charge in [-0.3, -0.25) is 0 Å². The largest absolute Gasteiger partial charge is 0.497 e. The minimum absolute atomic E-state index is 0.128. The topological polar surface area (TPSA) is 29.5 Å². The summed E-state index contributed by atoms with van der Waals surface area (Å²) < 4.78 is 5.02. The van der Waals surface area contributed by atoms with Crippen molar-refractivity contribution >= 4 is 11.6 Å². The van der Waals surface area contributed by atoms with Crippen LogP contribution in [0.15, 0.2) is 18.2 Å². The van der Waals surface area contributed by atoms with E-state index < -0.39 is 0 Å². The number of halogens is 1. The summed E-state index contributed by atoms with van der Waals surface area (Å²) in [7, 11) is 1.59. The number of aliphatic hydroxyl groups is 1. The molecule has 66 valence electrons. The van der Waals surface area contributed by atoms with Crippen molar-refractivity contribution in [2.24, 2.45) is 0 Å². The zero-order valence-corrected chi connectivity index (χ0v) is 7.64. The average molecular weight is 187 g/mol. The summed E-state index contributed by atoms with van der Waals surface area (Å²) >= 11 is 5.80. The van der Waals surface area contributed by atoms with Gasteiger partial charge in [0.1, 0.15) is 5.75 Å². The fourth-order valence-corrected chi connectivity index (χ4v) is 1.26. The van der Waals surface area contributed by atoms with Gasteiger partial charge in [-0.15, -0.1) is 0 Å². The molecule has 0 atom stereocenters. The Morgan fingerprint density at radius 2 is 2.17 bits per heavy atom. The first-order valence-electron chi connectivity index (χ1n) is 3.70. The van der Waals surface area contributed by atoms with Gasteiger partial charge in [-0.1, -0.05) is 11.6 Å². The third-order valence-electron chi connectivity index (χ3n) is 1.57. The van der Waals surface area contributed by atoms with Crippen molar-refractivity contribution in [1.29, 1.82) is 0 Å². The van der Waals surface area contributed by atoms with Gasteiger partial charge in [-0.25, -0.2) is 0 Å². The van der Waals surface area contributed by atoms with Crippen molar-refractivity contribution in [2.45, 2.75) is 6.42 Å². The van der Waals surface area contributed by atoms with Crippen LogP contribution in [-0.2, 0) is 6.42 Å². The zero-order chi connectivity index (χ0) is 8.97. The number of benzene rings is 1. The van der Waals surface area contributed by atoms with E-state index in [0.29, 0.717) is 11.4 Å². The Bertz CT molecular complexity index is 261. The third-order valence-corrected chi connectivity index (χ3v) is 1.79. The molecule has 0 saturated heterocycles. The highest BCUT2D eigenvalue weighted by Crippen LogP contribution is 2.20. The van der Waals surface area contributed by atoms with E-state index in [4.69, 9.17) is 21.4 Å². The van der Waals surface area contributed by atoms with E-state index in [1.807, 2.05) is 12.1 Å². The molecule has 0 aliphatic heterocycles. The summed E-state index contributed by atoms with van der Waals surface area (Å²) in [5.41, 5.74) is 0.988. The van der Waals surface area contributed by atoms with E-state index in [-0.39, 0.29) is 6.61 Å². The zero-order valence-electron chi connectivity index (χ0n) is 6.88. The van der Waals surface area contributed by atoms with Gasteiger partial charge in [-0.2, -0.15) is 0 Å². The van der Waals surface area contributed by atoms with Crippen LogP contribution in [-0.4, -0.2) is 18.8 Å². The Hall–Kier alpha value is -0.730. The maximum absolute atomic E-state index is 8.69. The summed E-state index contributed by atoms with van der Waals surface area (Å²) in [4.78, 5) is 0. The normalized spacial score (nSPS) is 9.92. The van der Waals surface area contributed by atoms with Crippen molar-refractivity contribution in [1.82, 2.24) is 0 Å². The van der Waals surface area contributed by atoms with E-state index in [2.05, 4.69) is 0 Å². The van der Waals surface area contributed by atoms with Crippen molar-refractivity contribution in [3.05, 3.63) is 28.8 Å². The standard InChI is InChI=1S/C9H11ClO2/c1-12-9-5-7(2-3-11)4-8(10)6-9/h4-6,11H,2-3H2,1H3. The second-order valence-corrected chi connectivity index (χ2v) is 2.91. The van der Waals surface area contributed by atoms with E-state index in [9.17, 15) is 0 Å². The highest BCUT2D eigenvalue weighted by Gasteiger charge is 1.98. The van der Waals surface area contributed by atoms with Crippen LogP contribution >= 0.6 is 11.6 Å². The lowest BCUT2D eigenvalue weighted by atomic mass is 10.1. The predicted octanol–water partition coefficient (Wildman–Crippen LogP) is 1.88. The molecule has 0 amide bonds. The van der Waals surface area contributed by atoms with Gasteiger partial charge >= 0.3 is 0 Å². The highest BCUT2D eigenvalue weighted by molar-refractivity contribution is 6.30. The monoisotopic (exact) mass is 186 g/mol. The molecule has 1 aromatic rings. The molecule has 0 fully saturated rings. The van der Waals surface area contributed by atoms with Gasteiger partial charge in [0, 0.05) is 11.6 Å². The molecule has 0 aliphatic carbocycles. The van der Waals surface area contributed by atoms with Gasteiger partial charge in [0.25, 0.3) is 0 Å². The van der Waals surface area contributed by atoms with Crippen LogP contribution < -0.4 is 4.74 Å². The molecule has 0 bridgehead atoms. The molecule has 0 aromatic heterocycles. The first-order chi connectivity index (χ1) is 5.76. The molecule has 1 rings (SSSR count). The Morgan fingerprint density at radius 1 is 1.42 bits per heavy atom. The van der Waals surface area contributed by atoms with Crippen molar-refractivity contribution in [3.63, 3.8) is 0 Å². The molecule has 2 nitrogen and oxygen atoms in total. The summed E-state index contributed by atoms with van der Waals surface area (Å²) in [6, 6.07) is 5.42. The number of rotatable bonds is 3. The second-order valence-electron chi connectivity index (χ2n) is 2.47. The summed E-state index contributed by atoms with van der Waals surface area (Å²) in [6.45, 7) is 0.128. The number of hydrogen-bond acceptors (Lipinski definition) is 2. The summed E-state index contributed by atoms with van der Waals surface area (Å²) in [6.07, 6.45) is 0.608. The lowest BCUT2D eigenvalue weighted by Crippen LogP contribution is -1.91. The van der Waals surface area contributed by atoms with Gasteiger partial charge in [0.2, 0.25) is 0 Å². The van der Waals surface area contributed by atoms with Crippen LogP contribution in [0.25, 0.3) is 0 Å². The average Bonchev–Trinajstić information content (AvgIpc) is 2.04. The fraction of sp³-hybridized carbons (Fsp3) is 0.333. The highest BCUT2D eigenvalue weighted by atomic mass is 35.5. The van der Waals surface area contributed by atoms with E-state index in [1.54, 1.807) is 13.2 Å². The first kappa shape index (κ1) is 9.36. The van der Waals surface area contributed by atoms with E-state index >= 15 is 0 Å². The Kier molecular flexibility index (Phi) is 3.38. The molecule has 12 heavy (non-hydrogen) atoms. The molecule has 0 radical (unpaired) electrons. The minimum atomic E-state index is 0.128. The van der Waals surface area contributed by atoms with Crippen molar-refractivity contribution in [3.8, 4) is 5.75 Å². The number of hydrogen-bond donors (Lipinski definition) is 1. The van der Waals surface area contributed by atoms with Gasteiger partial charge in [-0.05, 0) is 30.2 Å². The molecule has 0 saturated carbocycles. The van der Waals surface area contributed by atoms with Crippen molar-refractivity contribution < 1.29 is 9.84 Å². The maximum atomic E-state index is 8.69. The second kappa shape index (κ2) is 4.33. The Morgan fingerprint density at radius 3 is 2.75 bits per heavy atom. The van der Waals surface area contributed by atoms with Crippen LogP contribution in [0.1, 0.15) is 5.56 Å². The molecule has 0 heterocycles. The maximum Gasteiger partial charge on any atom is 0.120 e. The fourth-order valence-electron chi connectivity index (χ4n) is 1.01. The summed E-state index contributed by atoms with van der Waals surface area (Å²) in [5, 5.41) is 9.33. The molecular formula is C9H11ClO2. The van der Waals surface area contributed by atoms with Crippen LogP contribution in [0.4, 0.5) is 0 Å². The van der Waals surface area contributed by atoms with Crippen molar-refractivity contribution in [2.75, 3.05) is 13.7 Å². The molecule has 1 aromatic carbocycles. The van der Waals surface area contributed by atoms with Gasteiger partial charge in [0.05, 0.1) is 7.11 Å². The van der Waals surface area contributed by atoms with E-state index in [0.717, 1.165) is 11.3 Å². The number of ether oxygens (including phenoxy) is 1. The molecule has 0 aliphatic rings. The Balaban J connectivity index is 2.90. The molecular weight excluding hydrogens is 176 g/mol. The molecule has 0 spiro atoms.